The maximum atomic E-state index is 12.7. The summed E-state index contributed by atoms with van der Waals surface area (Å²) in [6.45, 7) is 6.30. The maximum absolute atomic E-state index is 12.7. The van der Waals surface area contributed by atoms with Gasteiger partial charge in [0, 0.05) is 18.3 Å². The molecule has 5 nitrogen and oxygen atoms in total. The van der Waals surface area contributed by atoms with Gasteiger partial charge in [0.2, 0.25) is 10.0 Å². The molecule has 1 aromatic carbocycles. The predicted molar refractivity (Wildman–Crippen MR) is 74.4 cm³/mol. The van der Waals surface area contributed by atoms with E-state index in [1.807, 2.05) is 13.8 Å². The molecule has 0 bridgehead atoms. The number of hydrogen-bond donors (Lipinski definition) is 1. The van der Waals surface area contributed by atoms with Crippen molar-refractivity contribution in [2.75, 3.05) is 18.9 Å². The number of nitrogens with zero attached hydrogens (tertiary/aromatic N) is 1. The largest absolute Gasteiger partial charge is 0.399 e. The molecule has 1 aromatic rings. The Morgan fingerprint density at radius 2 is 2.05 bits per heavy atom. The quantitative estimate of drug-likeness (QED) is 0.833. The van der Waals surface area contributed by atoms with E-state index in [2.05, 4.69) is 0 Å². The molecule has 1 heterocycles. The Morgan fingerprint density at radius 1 is 1.37 bits per heavy atom. The summed E-state index contributed by atoms with van der Waals surface area (Å²) in [7, 11) is -3.52. The molecule has 0 aromatic heterocycles. The first-order valence-electron chi connectivity index (χ1n) is 6.32. The van der Waals surface area contributed by atoms with E-state index in [1.165, 1.54) is 10.4 Å². The zero-order valence-electron chi connectivity index (χ0n) is 11.5. The molecule has 0 spiro atoms. The first kappa shape index (κ1) is 14.3. The van der Waals surface area contributed by atoms with Gasteiger partial charge in [-0.05, 0) is 38.5 Å². The summed E-state index contributed by atoms with van der Waals surface area (Å²) >= 11 is 0. The Morgan fingerprint density at radius 3 is 2.74 bits per heavy atom. The summed E-state index contributed by atoms with van der Waals surface area (Å²) < 4.78 is 32.4. The summed E-state index contributed by atoms with van der Waals surface area (Å²) in [6.07, 6.45) is -0.0904. The molecular formula is C13H20N2O3S. The van der Waals surface area contributed by atoms with Crippen LogP contribution in [0.4, 0.5) is 5.69 Å². The summed E-state index contributed by atoms with van der Waals surface area (Å²) in [6, 6.07) is 4.80. The summed E-state index contributed by atoms with van der Waals surface area (Å²) in [5, 5.41) is 0. The molecule has 0 amide bonds. The zero-order valence-corrected chi connectivity index (χ0v) is 12.3. The lowest BCUT2D eigenvalue weighted by atomic mass is 10.2. The molecule has 2 rings (SSSR count). The molecule has 106 valence electrons. The SMILES string of the molecule is Cc1ccc(N)cc1S(=O)(=O)N1CC(C)OCC1C. The van der Waals surface area contributed by atoms with Gasteiger partial charge in [-0.3, -0.25) is 0 Å². The minimum absolute atomic E-state index is 0.0904. The molecule has 0 aliphatic carbocycles. The van der Waals surface area contributed by atoms with Gasteiger partial charge in [0.05, 0.1) is 17.6 Å². The van der Waals surface area contributed by atoms with Crippen molar-refractivity contribution >= 4 is 15.7 Å². The Hall–Kier alpha value is -1.11. The normalized spacial score (nSPS) is 25.4. The lowest BCUT2D eigenvalue weighted by molar-refractivity contribution is -0.0170. The third kappa shape index (κ3) is 2.75. The Balaban J connectivity index is 2.44. The third-order valence-electron chi connectivity index (χ3n) is 3.35. The molecule has 0 saturated carbocycles. The standard InChI is InChI=1S/C13H20N2O3S/c1-9-4-5-12(14)6-13(9)19(16,17)15-7-11(3)18-8-10(15)2/h4-6,10-11H,7-8,14H2,1-3H3. The van der Waals surface area contributed by atoms with Crippen LogP contribution < -0.4 is 5.73 Å². The van der Waals surface area contributed by atoms with E-state index >= 15 is 0 Å². The van der Waals surface area contributed by atoms with E-state index in [9.17, 15) is 8.42 Å². The number of nitrogen functional groups attached to an aromatic ring is 1. The highest BCUT2D eigenvalue weighted by atomic mass is 32.2. The van der Waals surface area contributed by atoms with Crippen molar-refractivity contribution in [2.24, 2.45) is 0 Å². The minimum Gasteiger partial charge on any atom is -0.399 e. The van der Waals surface area contributed by atoms with E-state index in [0.717, 1.165) is 0 Å². The predicted octanol–water partition coefficient (Wildman–Crippen LogP) is 1.38. The molecule has 1 aliphatic heterocycles. The molecule has 1 saturated heterocycles. The van der Waals surface area contributed by atoms with Gasteiger partial charge >= 0.3 is 0 Å². The second-order valence-corrected chi connectivity index (χ2v) is 6.95. The molecule has 19 heavy (non-hydrogen) atoms. The monoisotopic (exact) mass is 284 g/mol. The van der Waals surface area contributed by atoms with Gasteiger partial charge < -0.3 is 10.5 Å². The van der Waals surface area contributed by atoms with Crippen LogP contribution in [0.25, 0.3) is 0 Å². The van der Waals surface area contributed by atoms with Crippen LogP contribution in [0.2, 0.25) is 0 Å². The number of benzene rings is 1. The van der Waals surface area contributed by atoms with Crippen LogP contribution in [0.1, 0.15) is 19.4 Å². The van der Waals surface area contributed by atoms with E-state index in [1.54, 1.807) is 19.1 Å². The first-order valence-corrected chi connectivity index (χ1v) is 7.76. The van der Waals surface area contributed by atoms with Crippen molar-refractivity contribution in [3.63, 3.8) is 0 Å². The van der Waals surface area contributed by atoms with Crippen LogP contribution in [0, 0.1) is 6.92 Å². The lowest BCUT2D eigenvalue weighted by Crippen LogP contribution is -2.50. The van der Waals surface area contributed by atoms with Crippen LogP contribution in [-0.4, -0.2) is 38.0 Å². The summed E-state index contributed by atoms with van der Waals surface area (Å²) in [5.74, 6) is 0. The van der Waals surface area contributed by atoms with E-state index in [4.69, 9.17) is 10.5 Å². The number of anilines is 1. The average molecular weight is 284 g/mol. The van der Waals surface area contributed by atoms with Crippen LogP contribution in [-0.2, 0) is 14.8 Å². The second-order valence-electron chi connectivity index (χ2n) is 5.09. The molecule has 6 heteroatoms. The fourth-order valence-corrected chi connectivity index (χ4v) is 4.18. The van der Waals surface area contributed by atoms with Gasteiger partial charge in [0.15, 0.2) is 0 Å². The fourth-order valence-electron chi connectivity index (χ4n) is 2.23. The van der Waals surface area contributed by atoms with Crippen molar-refractivity contribution < 1.29 is 13.2 Å². The fraction of sp³-hybridized carbons (Fsp3) is 0.538. The molecule has 1 fully saturated rings. The smallest absolute Gasteiger partial charge is 0.243 e. The molecule has 1 aliphatic rings. The Kier molecular flexibility index (Phi) is 3.85. The number of hydrogen-bond acceptors (Lipinski definition) is 4. The number of sulfonamides is 1. The van der Waals surface area contributed by atoms with Crippen molar-refractivity contribution in [2.45, 2.75) is 37.8 Å². The maximum Gasteiger partial charge on any atom is 0.243 e. The summed E-state index contributed by atoms with van der Waals surface area (Å²) in [4.78, 5) is 0.286. The van der Waals surface area contributed by atoms with Gasteiger partial charge in [-0.15, -0.1) is 0 Å². The van der Waals surface area contributed by atoms with Gasteiger partial charge in [0.1, 0.15) is 0 Å². The van der Waals surface area contributed by atoms with Crippen LogP contribution in [0.15, 0.2) is 23.1 Å². The zero-order chi connectivity index (χ0) is 14.2. The number of rotatable bonds is 2. The number of ether oxygens (including phenoxy) is 1. The van der Waals surface area contributed by atoms with E-state index < -0.39 is 10.0 Å². The minimum atomic E-state index is -3.52. The molecule has 2 N–H and O–H groups in total. The van der Waals surface area contributed by atoms with E-state index in [-0.39, 0.29) is 17.0 Å². The van der Waals surface area contributed by atoms with Crippen LogP contribution in [0.5, 0.6) is 0 Å². The first-order chi connectivity index (χ1) is 8.82. The number of aryl methyl sites for hydroxylation is 1. The molecule has 2 unspecified atom stereocenters. The van der Waals surface area contributed by atoms with Crippen molar-refractivity contribution in [3.8, 4) is 0 Å². The summed E-state index contributed by atoms with van der Waals surface area (Å²) in [5.41, 5.74) is 6.87. The van der Waals surface area contributed by atoms with E-state index in [0.29, 0.717) is 24.4 Å². The van der Waals surface area contributed by atoms with Gasteiger partial charge in [-0.2, -0.15) is 4.31 Å². The lowest BCUT2D eigenvalue weighted by Gasteiger charge is -2.36. The topological polar surface area (TPSA) is 72.6 Å². The number of morpholine rings is 1. The van der Waals surface area contributed by atoms with Crippen LogP contribution in [0.3, 0.4) is 0 Å². The highest BCUT2D eigenvalue weighted by molar-refractivity contribution is 7.89. The highest BCUT2D eigenvalue weighted by Crippen LogP contribution is 2.26. The van der Waals surface area contributed by atoms with Crippen molar-refractivity contribution in [1.29, 1.82) is 0 Å². The molecule has 0 radical (unpaired) electrons. The Bertz CT molecular complexity index is 571. The van der Waals surface area contributed by atoms with Crippen LogP contribution >= 0.6 is 0 Å². The van der Waals surface area contributed by atoms with Crippen molar-refractivity contribution in [1.82, 2.24) is 4.31 Å². The Labute approximate surface area is 114 Å². The van der Waals surface area contributed by atoms with Gasteiger partial charge in [0.25, 0.3) is 0 Å². The molecule has 2 atom stereocenters. The highest BCUT2D eigenvalue weighted by Gasteiger charge is 2.34. The second kappa shape index (κ2) is 5.11. The number of nitrogens with two attached hydrogens (primary N) is 1. The van der Waals surface area contributed by atoms with Gasteiger partial charge in [-0.25, -0.2) is 8.42 Å². The molecular weight excluding hydrogens is 264 g/mol. The van der Waals surface area contributed by atoms with Gasteiger partial charge in [-0.1, -0.05) is 6.07 Å². The van der Waals surface area contributed by atoms with Crippen molar-refractivity contribution in [3.05, 3.63) is 23.8 Å². The average Bonchev–Trinajstić information content (AvgIpc) is 2.35. The third-order valence-corrected chi connectivity index (χ3v) is 5.47.